The Balaban J connectivity index is 1.76. The molecule has 0 unspecified atom stereocenters. The minimum absolute atomic E-state index is 0.00537. The molecule has 0 bridgehead atoms. The summed E-state index contributed by atoms with van der Waals surface area (Å²) < 4.78 is 2.18. The van der Waals surface area contributed by atoms with Crippen LogP contribution in [0.1, 0.15) is 22.3 Å². The van der Waals surface area contributed by atoms with Gasteiger partial charge in [0.2, 0.25) is 0 Å². The highest BCUT2D eigenvalue weighted by atomic mass is 16.6. The first-order valence-corrected chi connectivity index (χ1v) is 9.55. The lowest BCUT2D eigenvalue weighted by Gasteiger charge is -2.06. The number of allylic oxidation sites excluding steroid dienone is 1. The predicted octanol–water partition coefficient (Wildman–Crippen LogP) is 5.97. The number of aromatic nitrogens is 1. The quantitative estimate of drug-likeness (QED) is 0.238. The van der Waals surface area contributed by atoms with Crippen molar-refractivity contribution < 1.29 is 4.92 Å². The van der Waals surface area contributed by atoms with Gasteiger partial charge in [-0.25, -0.2) is 0 Å². The third-order valence-electron chi connectivity index (χ3n) is 5.06. The average molecular weight is 393 g/mol. The summed E-state index contributed by atoms with van der Waals surface area (Å²) in [6.07, 6.45) is 3.89. The highest BCUT2D eigenvalue weighted by Crippen LogP contribution is 2.27. The number of aryl methyl sites for hydroxylation is 1. The van der Waals surface area contributed by atoms with Crippen LogP contribution in [0, 0.1) is 28.4 Å². The van der Waals surface area contributed by atoms with Crippen molar-refractivity contribution >= 4 is 28.2 Å². The van der Waals surface area contributed by atoms with Crippen molar-refractivity contribution in [1.82, 2.24) is 4.57 Å². The summed E-state index contributed by atoms with van der Waals surface area (Å²) in [6, 6.07) is 24.8. The molecule has 0 atom stereocenters. The first-order chi connectivity index (χ1) is 14.5. The number of nitro benzene ring substituents is 1. The fourth-order valence-corrected chi connectivity index (χ4v) is 3.63. The lowest BCUT2D eigenvalue weighted by molar-refractivity contribution is -0.384. The normalized spacial score (nSPS) is 11.4. The van der Waals surface area contributed by atoms with Crippen LogP contribution in [0.4, 0.5) is 5.69 Å². The van der Waals surface area contributed by atoms with Crippen LogP contribution in [0.15, 0.2) is 79.0 Å². The van der Waals surface area contributed by atoms with E-state index in [9.17, 15) is 15.4 Å². The van der Waals surface area contributed by atoms with Gasteiger partial charge in [-0.05, 0) is 42.3 Å². The van der Waals surface area contributed by atoms with E-state index in [-0.39, 0.29) is 5.69 Å². The molecule has 0 saturated heterocycles. The molecule has 30 heavy (non-hydrogen) atoms. The van der Waals surface area contributed by atoms with Crippen molar-refractivity contribution in [2.24, 2.45) is 0 Å². The van der Waals surface area contributed by atoms with Crippen LogP contribution in [-0.4, -0.2) is 9.49 Å². The molecule has 0 N–H and O–H groups in total. The topological polar surface area (TPSA) is 71.9 Å². The molecule has 1 heterocycles. The second-order valence-corrected chi connectivity index (χ2v) is 7.19. The van der Waals surface area contributed by atoms with Crippen LogP contribution in [-0.2, 0) is 6.54 Å². The third-order valence-corrected chi connectivity index (χ3v) is 5.06. The van der Waals surface area contributed by atoms with Gasteiger partial charge in [0, 0.05) is 41.3 Å². The Morgan fingerprint density at radius 3 is 2.57 bits per heavy atom. The van der Waals surface area contributed by atoms with E-state index in [0.29, 0.717) is 11.1 Å². The van der Waals surface area contributed by atoms with E-state index in [1.807, 2.05) is 24.3 Å². The Bertz CT molecular complexity index is 1310. The predicted molar refractivity (Wildman–Crippen MR) is 119 cm³/mol. The number of benzene rings is 3. The zero-order valence-corrected chi connectivity index (χ0v) is 16.4. The fourth-order valence-electron chi connectivity index (χ4n) is 3.63. The molecular formula is C25H19N3O2. The van der Waals surface area contributed by atoms with E-state index in [0.717, 1.165) is 23.0 Å². The molecule has 4 aromatic rings. The lowest BCUT2D eigenvalue weighted by atomic mass is 10.0. The molecule has 0 spiro atoms. The van der Waals surface area contributed by atoms with Gasteiger partial charge < -0.3 is 4.57 Å². The van der Waals surface area contributed by atoms with Gasteiger partial charge in [0.15, 0.2) is 0 Å². The standard InChI is InChI=1S/C25H19N3O2/c1-18-5-4-6-19(13-18)16-27-17-22(24-7-2-3-8-25(24)27)14-21(15-26)20-9-11-23(12-10-20)28(29)30/h2-14,17H,16H2,1H3/b21-14-. The largest absolute Gasteiger partial charge is 0.342 e. The van der Waals surface area contributed by atoms with E-state index < -0.39 is 4.92 Å². The molecule has 0 amide bonds. The maximum Gasteiger partial charge on any atom is 0.269 e. The van der Waals surface area contributed by atoms with E-state index >= 15 is 0 Å². The SMILES string of the molecule is Cc1cccc(Cn2cc(/C=C(/C#N)c3ccc([N+](=O)[O-])cc3)c3ccccc32)c1. The van der Waals surface area contributed by atoms with Crippen molar-refractivity contribution in [3.05, 3.63) is 111 Å². The van der Waals surface area contributed by atoms with E-state index in [1.54, 1.807) is 12.1 Å². The minimum atomic E-state index is -0.446. The van der Waals surface area contributed by atoms with Crippen molar-refractivity contribution in [3.8, 4) is 6.07 Å². The summed E-state index contributed by atoms with van der Waals surface area (Å²) in [5.41, 5.74) is 5.57. The van der Waals surface area contributed by atoms with Crippen LogP contribution in [0.5, 0.6) is 0 Å². The van der Waals surface area contributed by atoms with Crippen LogP contribution in [0.3, 0.4) is 0 Å². The van der Waals surface area contributed by atoms with Gasteiger partial charge >= 0.3 is 0 Å². The third kappa shape index (κ3) is 3.85. The van der Waals surface area contributed by atoms with Crippen molar-refractivity contribution in [1.29, 1.82) is 5.26 Å². The van der Waals surface area contributed by atoms with Gasteiger partial charge in [0.05, 0.1) is 16.6 Å². The summed E-state index contributed by atoms with van der Waals surface area (Å²) in [4.78, 5) is 10.4. The first-order valence-electron chi connectivity index (χ1n) is 9.55. The molecule has 0 aliphatic rings. The number of nitriles is 1. The van der Waals surface area contributed by atoms with Crippen molar-refractivity contribution in [3.63, 3.8) is 0 Å². The Hall–Kier alpha value is -4.17. The zero-order chi connectivity index (χ0) is 21.1. The highest BCUT2D eigenvalue weighted by Gasteiger charge is 2.11. The molecule has 0 aliphatic carbocycles. The number of nitrogens with zero attached hydrogens (tertiary/aromatic N) is 3. The second kappa shape index (κ2) is 8.06. The molecule has 5 nitrogen and oxygen atoms in total. The molecule has 0 aliphatic heterocycles. The Morgan fingerprint density at radius 2 is 1.87 bits per heavy atom. The van der Waals surface area contributed by atoms with E-state index in [1.165, 1.54) is 23.3 Å². The smallest absolute Gasteiger partial charge is 0.269 e. The number of hydrogen-bond donors (Lipinski definition) is 0. The fraction of sp³-hybridized carbons (Fsp3) is 0.0800. The molecule has 0 fully saturated rings. The Morgan fingerprint density at radius 1 is 1.10 bits per heavy atom. The van der Waals surface area contributed by atoms with Crippen LogP contribution in [0.25, 0.3) is 22.6 Å². The average Bonchev–Trinajstić information content (AvgIpc) is 3.09. The van der Waals surface area contributed by atoms with Gasteiger partial charge in [-0.1, -0.05) is 48.0 Å². The number of fused-ring (bicyclic) bond motifs is 1. The molecule has 0 radical (unpaired) electrons. The Labute approximate surface area is 174 Å². The van der Waals surface area contributed by atoms with Crippen LogP contribution in [0.2, 0.25) is 0 Å². The van der Waals surface area contributed by atoms with E-state index in [2.05, 4.69) is 54.1 Å². The molecule has 146 valence electrons. The maximum atomic E-state index is 10.9. The van der Waals surface area contributed by atoms with Gasteiger partial charge in [-0.3, -0.25) is 10.1 Å². The molecule has 5 heteroatoms. The van der Waals surface area contributed by atoms with Gasteiger partial charge in [0.1, 0.15) is 0 Å². The number of hydrogen-bond acceptors (Lipinski definition) is 3. The van der Waals surface area contributed by atoms with Crippen molar-refractivity contribution in [2.45, 2.75) is 13.5 Å². The van der Waals surface area contributed by atoms with Gasteiger partial charge in [-0.15, -0.1) is 0 Å². The summed E-state index contributed by atoms with van der Waals surface area (Å²) in [7, 11) is 0. The highest BCUT2D eigenvalue weighted by molar-refractivity contribution is 5.98. The number of non-ortho nitro benzene ring substituents is 1. The number of nitro groups is 1. The first kappa shape index (κ1) is 19.2. The van der Waals surface area contributed by atoms with E-state index in [4.69, 9.17) is 0 Å². The molecule has 4 rings (SSSR count). The summed E-state index contributed by atoms with van der Waals surface area (Å²) in [5.74, 6) is 0. The van der Waals surface area contributed by atoms with Crippen LogP contribution < -0.4 is 0 Å². The second-order valence-electron chi connectivity index (χ2n) is 7.19. The number of para-hydroxylation sites is 1. The van der Waals surface area contributed by atoms with Crippen LogP contribution >= 0.6 is 0 Å². The summed E-state index contributed by atoms with van der Waals surface area (Å²) in [5, 5.41) is 21.6. The Kier molecular flexibility index (Phi) is 5.15. The van der Waals surface area contributed by atoms with Gasteiger partial charge in [-0.2, -0.15) is 5.26 Å². The summed E-state index contributed by atoms with van der Waals surface area (Å²) in [6.45, 7) is 2.81. The molecule has 3 aromatic carbocycles. The monoisotopic (exact) mass is 393 g/mol. The molecule has 1 aromatic heterocycles. The van der Waals surface area contributed by atoms with Gasteiger partial charge in [0.25, 0.3) is 5.69 Å². The zero-order valence-electron chi connectivity index (χ0n) is 16.4. The maximum absolute atomic E-state index is 10.9. The lowest BCUT2D eigenvalue weighted by Crippen LogP contribution is -1.97. The summed E-state index contributed by atoms with van der Waals surface area (Å²) >= 11 is 0. The molecule has 0 saturated carbocycles. The van der Waals surface area contributed by atoms with Crippen molar-refractivity contribution in [2.75, 3.05) is 0 Å². The molecular weight excluding hydrogens is 374 g/mol. The minimum Gasteiger partial charge on any atom is -0.342 e. The number of rotatable bonds is 5.